The van der Waals surface area contributed by atoms with Crippen molar-refractivity contribution in [3.63, 3.8) is 0 Å². The average Bonchev–Trinajstić information content (AvgIpc) is 2.89. The lowest BCUT2D eigenvalue weighted by molar-refractivity contribution is 0.0728. The number of carbonyl (C=O) groups is 1. The minimum Gasteiger partial charge on any atom is -0.361 e. The summed E-state index contributed by atoms with van der Waals surface area (Å²) in [6, 6.07) is 9.29. The van der Waals surface area contributed by atoms with Crippen molar-refractivity contribution in [2.75, 3.05) is 6.54 Å². The number of nitrogens with zero attached hydrogens (tertiary/aromatic N) is 2. The summed E-state index contributed by atoms with van der Waals surface area (Å²) < 4.78 is 5.24. The highest BCUT2D eigenvalue weighted by atomic mass is 16.5. The monoisotopic (exact) mass is 257 g/mol. The van der Waals surface area contributed by atoms with Crippen molar-refractivity contribution in [1.82, 2.24) is 10.1 Å². The number of aromatic nitrogens is 1. The molecule has 98 valence electrons. The summed E-state index contributed by atoms with van der Waals surface area (Å²) in [7, 11) is 0. The molecule has 2 heterocycles. The molecule has 2 aromatic rings. The van der Waals surface area contributed by atoms with Crippen molar-refractivity contribution in [2.24, 2.45) is 5.73 Å². The molecule has 1 aromatic heterocycles. The van der Waals surface area contributed by atoms with Crippen molar-refractivity contribution in [1.29, 1.82) is 0 Å². The van der Waals surface area contributed by atoms with Crippen LogP contribution in [-0.4, -0.2) is 22.5 Å². The van der Waals surface area contributed by atoms with Crippen LogP contribution in [0.2, 0.25) is 0 Å². The van der Waals surface area contributed by atoms with E-state index < -0.39 is 0 Å². The van der Waals surface area contributed by atoms with Gasteiger partial charge in [-0.1, -0.05) is 23.4 Å². The summed E-state index contributed by atoms with van der Waals surface area (Å²) >= 11 is 0. The third-order valence-corrected chi connectivity index (χ3v) is 3.41. The second-order valence-corrected chi connectivity index (χ2v) is 4.58. The third kappa shape index (κ3) is 2.13. The summed E-state index contributed by atoms with van der Waals surface area (Å²) in [6.45, 7) is 1.52. The molecule has 5 heteroatoms. The van der Waals surface area contributed by atoms with Gasteiger partial charge in [0, 0.05) is 30.6 Å². The number of rotatable bonds is 2. The topological polar surface area (TPSA) is 72.4 Å². The maximum Gasteiger partial charge on any atom is 0.254 e. The molecule has 0 unspecified atom stereocenters. The maximum atomic E-state index is 12.4. The van der Waals surface area contributed by atoms with Gasteiger partial charge in [-0.3, -0.25) is 4.79 Å². The second kappa shape index (κ2) is 4.85. The molecule has 0 saturated carbocycles. The SMILES string of the molecule is NCc1noc2c1CN(C(=O)c1ccccc1)CC2. The zero-order valence-corrected chi connectivity index (χ0v) is 10.5. The lowest BCUT2D eigenvalue weighted by Gasteiger charge is -2.26. The zero-order valence-electron chi connectivity index (χ0n) is 10.5. The molecule has 5 nitrogen and oxygen atoms in total. The average molecular weight is 257 g/mol. The van der Waals surface area contributed by atoms with Crippen molar-refractivity contribution >= 4 is 5.91 Å². The highest BCUT2D eigenvalue weighted by Crippen LogP contribution is 2.23. The van der Waals surface area contributed by atoms with Gasteiger partial charge in [0.15, 0.2) is 0 Å². The molecule has 0 radical (unpaired) electrons. The highest BCUT2D eigenvalue weighted by molar-refractivity contribution is 5.94. The minimum atomic E-state index is 0.0374. The predicted octanol–water partition coefficient (Wildman–Crippen LogP) is 1.33. The Bertz CT molecular complexity index is 578. The van der Waals surface area contributed by atoms with Gasteiger partial charge in [-0.05, 0) is 12.1 Å². The van der Waals surface area contributed by atoms with E-state index in [0.717, 1.165) is 17.0 Å². The number of hydrogen-bond donors (Lipinski definition) is 1. The van der Waals surface area contributed by atoms with Gasteiger partial charge in [0.2, 0.25) is 0 Å². The molecular weight excluding hydrogens is 242 g/mol. The molecule has 0 fully saturated rings. The van der Waals surface area contributed by atoms with Crippen molar-refractivity contribution < 1.29 is 9.32 Å². The van der Waals surface area contributed by atoms with Crippen LogP contribution in [0, 0.1) is 0 Å². The third-order valence-electron chi connectivity index (χ3n) is 3.41. The summed E-state index contributed by atoms with van der Waals surface area (Å²) in [5.74, 6) is 0.896. The lowest BCUT2D eigenvalue weighted by Crippen LogP contribution is -2.36. The van der Waals surface area contributed by atoms with Crippen molar-refractivity contribution in [3.05, 3.63) is 52.9 Å². The fraction of sp³-hybridized carbons (Fsp3) is 0.286. The molecule has 0 bridgehead atoms. The Kier molecular flexibility index (Phi) is 3.05. The molecule has 1 aliphatic rings. The fourth-order valence-electron chi connectivity index (χ4n) is 2.36. The normalized spacial score (nSPS) is 14.3. The van der Waals surface area contributed by atoms with Gasteiger partial charge in [0.25, 0.3) is 5.91 Å². The van der Waals surface area contributed by atoms with Crippen molar-refractivity contribution in [2.45, 2.75) is 19.5 Å². The van der Waals surface area contributed by atoms with Gasteiger partial charge in [-0.2, -0.15) is 0 Å². The molecule has 1 amide bonds. The van der Waals surface area contributed by atoms with E-state index >= 15 is 0 Å². The Labute approximate surface area is 111 Å². The van der Waals surface area contributed by atoms with Crippen LogP contribution in [0.15, 0.2) is 34.9 Å². The first-order chi connectivity index (χ1) is 9.29. The van der Waals surface area contributed by atoms with Crippen LogP contribution < -0.4 is 5.73 Å². The van der Waals surface area contributed by atoms with E-state index in [2.05, 4.69) is 5.16 Å². The van der Waals surface area contributed by atoms with E-state index in [1.165, 1.54) is 0 Å². The molecule has 3 rings (SSSR count). The first-order valence-corrected chi connectivity index (χ1v) is 6.30. The standard InChI is InChI=1S/C14H15N3O2/c15-8-12-11-9-17(7-6-13(11)19-16-12)14(18)10-4-2-1-3-5-10/h1-5H,6-9,15H2. The molecule has 19 heavy (non-hydrogen) atoms. The molecule has 1 aliphatic heterocycles. The van der Waals surface area contributed by atoms with E-state index in [1.807, 2.05) is 35.2 Å². The largest absolute Gasteiger partial charge is 0.361 e. The number of benzene rings is 1. The fourth-order valence-corrected chi connectivity index (χ4v) is 2.36. The van der Waals surface area contributed by atoms with Gasteiger partial charge in [0.05, 0.1) is 6.54 Å². The Balaban J connectivity index is 1.84. The minimum absolute atomic E-state index is 0.0374. The van der Waals surface area contributed by atoms with Crippen molar-refractivity contribution in [3.8, 4) is 0 Å². The molecule has 1 aromatic carbocycles. The molecular formula is C14H15N3O2. The molecule has 2 N–H and O–H groups in total. The number of amides is 1. The van der Waals surface area contributed by atoms with E-state index in [0.29, 0.717) is 31.6 Å². The van der Waals surface area contributed by atoms with E-state index in [1.54, 1.807) is 0 Å². The summed E-state index contributed by atoms with van der Waals surface area (Å²) in [5, 5.41) is 3.94. The van der Waals surface area contributed by atoms with Crippen LogP contribution in [0.5, 0.6) is 0 Å². The Hall–Kier alpha value is -2.14. The Morgan fingerprint density at radius 3 is 2.89 bits per heavy atom. The summed E-state index contributed by atoms with van der Waals surface area (Å²) in [4.78, 5) is 14.2. The number of fused-ring (bicyclic) bond motifs is 1. The summed E-state index contributed by atoms with van der Waals surface area (Å²) in [5.41, 5.74) is 8.05. The lowest BCUT2D eigenvalue weighted by atomic mass is 10.0. The maximum absolute atomic E-state index is 12.4. The van der Waals surface area contributed by atoms with E-state index in [4.69, 9.17) is 10.3 Å². The van der Waals surface area contributed by atoms with Crippen LogP contribution in [0.25, 0.3) is 0 Å². The van der Waals surface area contributed by atoms with Gasteiger partial charge in [0.1, 0.15) is 11.5 Å². The highest BCUT2D eigenvalue weighted by Gasteiger charge is 2.26. The summed E-state index contributed by atoms with van der Waals surface area (Å²) in [6.07, 6.45) is 0.695. The van der Waals surface area contributed by atoms with Crippen LogP contribution in [0.1, 0.15) is 27.4 Å². The number of hydrogen-bond acceptors (Lipinski definition) is 4. The molecule has 0 spiro atoms. The number of nitrogens with two attached hydrogens (primary N) is 1. The zero-order chi connectivity index (χ0) is 13.2. The smallest absolute Gasteiger partial charge is 0.254 e. The predicted molar refractivity (Wildman–Crippen MR) is 69.3 cm³/mol. The molecule has 0 atom stereocenters. The Morgan fingerprint density at radius 2 is 2.16 bits per heavy atom. The first kappa shape index (κ1) is 11.9. The molecule has 0 aliphatic carbocycles. The van der Waals surface area contributed by atoms with Gasteiger partial charge in [-0.25, -0.2) is 0 Å². The number of carbonyl (C=O) groups excluding carboxylic acids is 1. The van der Waals surface area contributed by atoms with Crippen LogP contribution in [-0.2, 0) is 19.5 Å². The van der Waals surface area contributed by atoms with Gasteiger partial charge < -0.3 is 15.2 Å². The van der Waals surface area contributed by atoms with E-state index in [9.17, 15) is 4.79 Å². The van der Waals surface area contributed by atoms with Crippen LogP contribution >= 0.6 is 0 Å². The van der Waals surface area contributed by atoms with Gasteiger partial charge >= 0.3 is 0 Å². The first-order valence-electron chi connectivity index (χ1n) is 6.30. The molecule has 0 saturated heterocycles. The Morgan fingerprint density at radius 1 is 1.37 bits per heavy atom. The van der Waals surface area contributed by atoms with Gasteiger partial charge in [-0.15, -0.1) is 0 Å². The quantitative estimate of drug-likeness (QED) is 0.881. The second-order valence-electron chi connectivity index (χ2n) is 4.58. The van der Waals surface area contributed by atoms with E-state index in [-0.39, 0.29) is 5.91 Å². The van der Waals surface area contributed by atoms with Crippen LogP contribution in [0.4, 0.5) is 0 Å². The van der Waals surface area contributed by atoms with Crippen LogP contribution in [0.3, 0.4) is 0 Å².